The first kappa shape index (κ1) is 24.9. The van der Waals surface area contributed by atoms with E-state index in [1.165, 1.54) is 42.8 Å². The van der Waals surface area contributed by atoms with Crippen molar-refractivity contribution in [2.24, 2.45) is 0 Å². The van der Waals surface area contributed by atoms with E-state index in [1.807, 2.05) is 0 Å². The van der Waals surface area contributed by atoms with E-state index < -0.39 is 15.5 Å². The summed E-state index contributed by atoms with van der Waals surface area (Å²) in [7, 11) is -5.64. The molecule has 3 rings (SSSR count). The predicted octanol–water partition coefficient (Wildman–Crippen LogP) is 6.13. The van der Waals surface area contributed by atoms with Crippen LogP contribution in [0.1, 0.15) is 27.7 Å². The molecule has 0 amide bonds. The molecule has 5 nitrogen and oxygen atoms in total. The molecule has 0 aliphatic heterocycles. The minimum atomic E-state index is -5.64. The Kier molecular flexibility index (Phi) is 7.88. The van der Waals surface area contributed by atoms with Gasteiger partial charge in [-0.15, -0.1) is 5.69 Å². The quantitative estimate of drug-likeness (QED) is 0.332. The fourth-order valence-electron chi connectivity index (χ4n) is 3.43. The highest BCUT2D eigenvalue weighted by Gasteiger charge is 2.39. The van der Waals surface area contributed by atoms with Crippen molar-refractivity contribution in [2.75, 3.05) is 26.2 Å². The van der Waals surface area contributed by atoms with Gasteiger partial charge in [-0.05, 0) is 50.6 Å². The van der Waals surface area contributed by atoms with E-state index in [9.17, 15) is 21.6 Å². The molecule has 0 fully saturated rings. The maximum atomic E-state index is 12.6. The molecule has 0 aliphatic carbocycles. The average molecular weight is 456 g/mol. The van der Waals surface area contributed by atoms with Gasteiger partial charge in [-0.3, -0.25) is 0 Å². The number of sulfonamides is 1. The molecule has 0 spiro atoms. The number of alkyl halides is 3. The number of fused-ring (bicyclic) bond motifs is 2. The number of quaternary nitrogens is 1. The largest absolute Gasteiger partial charge is 0.568 e. The third-order valence-electron chi connectivity index (χ3n) is 5.75. The van der Waals surface area contributed by atoms with E-state index in [1.54, 1.807) is 36.4 Å². The SMILES string of the molecule is CC[N+](CC)(CC)CC.O=S(=O)([N-]c1c2ccccc2nc2ccccc12)C(F)(F)F. The van der Waals surface area contributed by atoms with Crippen LogP contribution in [0.3, 0.4) is 0 Å². The summed E-state index contributed by atoms with van der Waals surface area (Å²) >= 11 is 0. The number of nitrogens with zero attached hydrogens (tertiary/aromatic N) is 3. The Morgan fingerprint density at radius 3 is 1.52 bits per heavy atom. The van der Waals surface area contributed by atoms with E-state index in [0.717, 1.165) is 0 Å². The average Bonchev–Trinajstić information content (AvgIpc) is 2.75. The standard InChI is InChI=1S/C14H8F3N2O2S.C8H20N/c15-14(16,17)22(20,21)19-13-9-5-1-3-7-11(9)18-12-8-4-2-6-10(12)13;1-5-9(6-2,7-3)8-4/h1-8H;5-8H2,1-4H3/q-1;+1. The fourth-order valence-corrected chi connectivity index (χ4v) is 3.97. The second-order valence-electron chi connectivity index (χ2n) is 7.11. The Balaban J connectivity index is 0.000000323. The molecule has 0 unspecified atom stereocenters. The number of benzene rings is 2. The Bertz CT molecular complexity index is 1060. The van der Waals surface area contributed by atoms with Crippen LogP contribution >= 0.6 is 0 Å². The van der Waals surface area contributed by atoms with Gasteiger partial charge in [0.15, 0.2) is 10.0 Å². The summed E-state index contributed by atoms with van der Waals surface area (Å²) in [6.45, 7) is 14.2. The van der Waals surface area contributed by atoms with Crippen LogP contribution in [0.4, 0.5) is 18.9 Å². The molecule has 9 heteroatoms. The second-order valence-corrected chi connectivity index (χ2v) is 8.71. The summed E-state index contributed by atoms with van der Waals surface area (Å²) in [4.78, 5) is 4.29. The van der Waals surface area contributed by atoms with Crippen LogP contribution in [0, 0.1) is 0 Å². The lowest BCUT2D eigenvalue weighted by molar-refractivity contribution is -0.921. The Morgan fingerprint density at radius 2 is 1.19 bits per heavy atom. The van der Waals surface area contributed by atoms with Crippen molar-refractivity contribution >= 4 is 37.5 Å². The lowest BCUT2D eigenvalue weighted by Crippen LogP contribution is -2.47. The molecular weight excluding hydrogens is 427 g/mol. The minimum Gasteiger partial charge on any atom is -0.568 e. The predicted molar refractivity (Wildman–Crippen MR) is 120 cm³/mol. The first-order valence-electron chi connectivity index (χ1n) is 10.2. The molecule has 2 aromatic carbocycles. The van der Waals surface area contributed by atoms with Gasteiger partial charge in [0.2, 0.25) is 0 Å². The minimum absolute atomic E-state index is 0.244. The molecule has 31 heavy (non-hydrogen) atoms. The third kappa shape index (κ3) is 5.46. The number of hydrogen-bond acceptors (Lipinski definition) is 3. The van der Waals surface area contributed by atoms with Crippen molar-refractivity contribution in [1.29, 1.82) is 0 Å². The molecule has 1 heterocycles. The van der Waals surface area contributed by atoms with Crippen molar-refractivity contribution in [3.8, 4) is 0 Å². The van der Waals surface area contributed by atoms with Crippen LogP contribution in [0.2, 0.25) is 0 Å². The zero-order valence-electron chi connectivity index (χ0n) is 18.1. The van der Waals surface area contributed by atoms with Gasteiger partial charge in [0, 0.05) is 0 Å². The highest BCUT2D eigenvalue weighted by molar-refractivity contribution is 7.95. The van der Waals surface area contributed by atoms with Crippen molar-refractivity contribution < 1.29 is 26.1 Å². The van der Waals surface area contributed by atoms with Gasteiger partial charge >= 0.3 is 5.51 Å². The molecule has 0 bridgehead atoms. The first-order valence-corrected chi connectivity index (χ1v) is 11.6. The van der Waals surface area contributed by atoms with Crippen molar-refractivity contribution in [2.45, 2.75) is 33.2 Å². The summed E-state index contributed by atoms with van der Waals surface area (Å²) < 4.78 is 65.0. The molecule has 0 saturated carbocycles. The topological polar surface area (TPSA) is 61.1 Å². The van der Waals surface area contributed by atoms with Crippen LogP contribution in [0.5, 0.6) is 0 Å². The van der Waals surface area contributed by atoms with Gasteiger partial charge in [-0.1, -0.05) is 36.4 Å². The monoisotopic (exact) mass is 455 g/mol. The number of aromatic nitrogens is 1. The highest BCUT2D eigenvalue weighted by Crippen LogP contribution is 2.41. The zero-order chi connectivity index (χ0) is 23.3. The normalized spacial score (nSPS) is 12.5. The van der Waals surface area contributed by atoms with Gasteiger partial charge in [0.05, 0.1) is 37.2 Å². The van der Waals surface area contributed by atoms with Crippen LogP contribution in [0.15, 0.2) is 48.5 Å². The molecule has 0 radical (unpaired) electrons. The smallest absolute Gasteiger partial charge is 0.483 e. The Hall–Kier alpha value is -2.39. The molecule has 1 aromatic heterocycles. The molecule has 0 atom stereocenters. The van der Waals surface area contributed by atoms with Crippen LogP contribution < -0.4 is 0 Å². The number of para-hydroxylation sites is 2. The number of halogens is 3. The number of rotatable bonds is 6. The van der Waals surface area contributed by atoms with Crippen LogP contribution in [-0.2, 0) is 10.0 Å². The molecule has 0 N–H and O–H groups in total. The van der Waals surface area contributed by atoms with Gasteiger partial charge in [-0.25, -0.2) is 13.4 Å². The summed E-state index contributed by atoms with van der Waals surface area (Å²) in [5, 5.41) is 0.489. The maximum absolute atomic E-state index is 12.6. The van der Waals surface area contributed by atoms with Crippen molar-refractivity contribution in [1.82, 2.24) is 4.98 Å². The summed E-state index contributed by atoms with van der Waals surface area (Å²) in [6, 6.07) is 12.6. The van der Waals surface area contributed by atoms with E-state index in [0.29, 0.717) is 11.0 Å². The van der Waals surface area contributed by atoms with Crippen molar-refractivity contribution in [3.05, 3.63) is 53.3 Å². The van der Waals surface area contributed by atoms with Gasteiger partial charge in [0.1, 0.15) is 0 Å². The van der Waals surface area contributed by atoms with E-state index in [4.69, 9.17) is 0 Å². The van der Waals surface area contributed by atoms with Crippen LogP contribution in [0.25, 0.3) is 26.5 Å². The van der Waals surface area contributed by atoms with E-state index in [-0.39, 0.29) is 16.5 Å². The van der Waals surface area contributed by atoms with E-state index in [2.05, 4.69) is 37.4 Å². The Labute approximate surface area is 181 Å². The molecular formula is C22H28F3N3O2S. The summed E-state index contributed by atoms with van der Waals surface area (Å²) in [5.74, 6) is 0. The third-order valence-corrected chi connectivity index (χ3v) is 6.75. The molecule has 0 aliphatic rings. The molecule has 0 saturated heterocycles. The summed E-state index contributed by atoms with van der Waals surface area (Å²) in [5.41, 5.74) is -4.95. The fraction of sp³-hybridized carbons (Fsp3) is 0.409. The first-order chi connectivity index (χ1) is 14.5. The number of hydrogen-bond donors (Lipinski definition) is 0. The van der Waals surface area contributed by atoms with Gasteiger partial charge < -0.3 is 9.21 Å². The lowest BCUT2D eigenvalue weighted by atomic mass is 10.1. The van der Waals surface area contributed by atoms with Crippen molar-refractivity contribution in [3.63, 3.8) is 0 Å². The zero-order valence-corrected chi connectivity index (χ0v) is 19.0. The Morgan fingerprint density at radius 1 is 0.806 bits per heavy atom. The second kappa shape index (κ2) is 9.82. The number of pyridine rings is 1. The maximum Gasteiger partial charge on any atom is 0.483 e. The molecule has 3 aromatic rings. The molecule has 170 valence electrons. The highest BCUT2D eigenvalue weighted by atomic mass is 32.2. The van der Waals surface area contributed by atoms with E-state index >= 15 is 0 Å². The van der Waals surface area contributed by atoms with Gasteiger partial charge in [0.25, 0.3) is 0 Å². The van der Waals surface area contributed by atoms with Gasteiger partial charge in [-0.2, -0.15) is 13.2 Å². The lowest BCUT2D eigenvalue weighted by Gasteiger charge is -2.34. The summed E-state index contributed by atoms with van der Waals surface area (Å²) in [6.07, 6.45) is 0. The van der Waals surface area contributed by atoms with Crippen LogP contribution in [-0.4, -0.2) is 49.6 Å².